The van der Waals surface area contributed by atoms with Crippen LogP contribution in [0.4, 0.5) is 0 Å². The molecule has 0 N–H and O–H groups in total. The standard InChI is InChI=1S/C8H19ClN.ClH/c1-4-10(5-2,6-3)8-7-9;/h4-8H2,1-3H3;1H/q+1;/p-1. The highest BCUT2D eigenvalue weighted by Crippen LogP contribution is 2.05. The summed E-state index contributed by atoms with van der Waals surface area (Å²) in [6.45, 7) is 11.4. The average Bonchev–Trinajstić information content (AvgIpc) is 2.01. The minimum atomic E-state index is 0. The Hall–Kier alpha value is 0.540. The number of halogens is 2. The summed E-state index contributed by atoms with van der Waals surface area (Å²) in [6.07, 6.45) is 0. The quantitative estimate of drug-likeness (QED) is 0.399. The molecule has 11 heavy (non-hydrogen) atoms. The summed E-state index contributed by atoms with van der Waals surface area (Å²) in [5.41, 5.74) is 0. The van der Waals surface area contributed by atoms with Gasteiger partial charge in [0.25, 0.3) is 0 Å². The van der Waals surface area contributed by atoms with E-state index in [-0.39, 0.29) is 12.4 Å². The number of hydrogen-bond acceptors (Lipinski definition) is 0. The number of alkyl halides is 1. The summed E-state index contributed by atoms with van der Waals surface area (Å²) in [5, 5.41) is 0. The molecule has 0 aliphatic carbocycles. The second-order valence-corrected chi connectivity index (χ2v) is 3.08. The summed E-state index contributed by atoms with van der Waals surface area (Å²) < 4.78 is 1.17. The zero-order valence-electron chi connectivity index (χ0n) is 7.74. The van der Waals surface area contributed by atoms with Crippen molar-refractivity contribution in [3.05, 3.63) is 0 Å². The molecule has 0 radical (unpaired) electrons. The van der Waals surface area contributed by atoms with Gasteiger partial charge in [0.05, 0.1) is 32.1 Å². The molecule has 0 aliphatic rings. The van der Waals surface area contributed by atoms with Gasteiger partial charge in [-0.1, -0.05) is 0 Å². The van der Waals surface area contributed by atoms with Crippen molar-refractivity contribution >= 4 is 11.6 Å². The van der Waals surface area contributed by atoms with E-state index in [2.05, 4.69) is 20.8 Å². The lowest BCUT2D eigenvalue weighted by Gasteiger charge is -2.35. The van der Waals surface area contributed by atoms with Crippen molar-refractivity contribution in [3.8, 4) is 0 Å². The topological polar surface area (TPSA) is 0 Å². The zero-order valence-corrected chi connectivity index (χ0v) is 9.25. The Bertz CT molecular complexity index is 73.9. The van der Waals surface area contributed by atoms with Crippen molar-refractivity contribution in [1.82, 2.24) is 0 Å². The molecule has 0 aliphatic heterocycles. The SMILES string of the molecule is CC[N+](CC)(CC)CCCl.[Cl-]. The van der Waals surface area contributed by atoms with E-state index in [9.17, 15) is 0 Å². The van der Waals surface area contributed by atoms with Crippen molar-refractivity contribution in [3.63, 3.8) is 0 Å². The minimum Gasteiger partial charge on any atom is -1.00 e. The molecule has 0 fully saturated rings. The predicted octanol–water partition coefficient (Wildman–Crippen LogP) is -0.894. The highest BCUT2D eigenvalue weighted by Gasteiger charge is 2.18. The lowest BCUT2D eigenvalue weighted by molar-refractivity contribution is -0.921. The summed E-state index contributed by atoms with van der Waals surface area (Å²) in [6, 6.07) is 0. The van der Waals surface area contributed by atoms with Crippen LogP contribution in [0, 0.1) is 0 Å². The van der Waals surface area contributed by atoms with E-state index < -0.39 is 0 Å². The van der Waals surface area contributed by atoms with E-state index in [0.717, 1.165) is 12.4 Å². The number of hydrogen-bond donors (Lipinski definition) is 0. The third kappa shape index (κ3) is 4.19. The molecular formula is C8H19Cl2N. The van der Waals surface area contributed by atoms with Gasteiger partial charge in [0.1, 0.15) is 0 Å². The summed E-state index contributed by atoms with van der Waals surface area (Å²) in [5.74, 6) is 0.787. The monoisotopic (exact) mass is 199 g/mol. The Balaban J connectivity index is 0. The predicted molar refractivity (Wildman–Crippen MR) is 47.5 cm³/mol. The Kier molecular flexibility index (Phi) is 9.22. The number of rotatable bonds is 5. The second kappa shape index (κ2) is 7.20. The van der Waals surface area contributed by atoms with E-state index >= 15 is 0 Å². The molecule has 0 aromatic carbocycles. The molecule has 0 spiro atoms. The number of nitrogens with zero attached hydrogens (tertiary/aromatic N) is 1. The fraction of sp³-hybridized carbons (Fsp3) is 1.00. The molecule has 0 amide bonds. The van der Waals surface area contributed by atoms with E-state index in [1.165, 1.54) is 24.1 Å². The summed E-state index contributed by atoms with van der Waals surface area (Å²) >= 11 is 5.71. The van der Waals surface area contributed by atoms with Crippen molar-refractivity contribution in [2.45, 2.75) is 20.8 Å². The molecule has 0 aromatic heterocycles. The highest BCUT2D eigenvalue weighted by atomic mass is 35.5. The Labute approximate surface area is 81.7 Å². The first-order valence-corrected chi connectivity index (χ1v) is 4.69. The minimum absolute atomic E-state index is 0. The van der Waals surface area contributed by atoms with E-state index in [4.69, 9.17) is 11.6 Å². The van der Waals surface area contributed by atoms with Crippen LogP contribution in [-0.2, 0) is 0 Å². The molecule has 0 saturated carbocycles. The molecule has 0 bridgehead atoms. The molecular weight excluding hydrogens is 181 g/mol. The Morgan fingerprint density at radius 3 is 1.45 bits per heavy atom. The maximum atomic E-state index is 5.71. The molecule has 0 rings (SSSR count). The largest absolute Gasteiger partial charge is 1.00 e. The first kappa shape index (κ1) is 14.1. The van der Waals surface area contributed by atoms with Crippen LogP contribution >= 0.6 is 11.6 Å². The summed E-state index contributed by atoms with van der Waals surface area (Å²) in [7, 11) is 0. The summed E-state index contributed by atoms with van der Waals surface area (Å²) in [4.78, 5) is 0. The fourth-order valence-electron chi connectivity index (χ4n) is 1.32. The van der Waals surface area contributed by atoms with Crippen LogP contribution < -0.4 is 12.4 Å². The van der Waals surface area contributed by atoms with Crippen molar-refractivity contribution in [1.29, 1.82) is 0 Å². The zero-order chi connectivity index (χ0) is 8.04. The van der Waals surface area contributed by atoms with Crippen LogP contribution in [0.5, 0.6) is 0 Å². The molecule has 70 valence electrons. The van der Waals surface area contributed by atoms with Gasteiger partial charge < -0.3 is 16.9 Å². The maximum absolute atomic E-state index is 5.71. The van der Waals surface area contributed by atoms with E-state index in [1.807, 2.05) is 0 Å². The molecule has 1 nitrogen and oxygen atoms in total. The first-order valence-electron chi connectivity index (χ1n) is 4.15. The van der Waals surface area contributed by atoms with Crippen molar-refractivity contribution in [2.24, 2.45) is 0 Å². The molecule has 0 unspecified atom stereocenters. The van der Waals surface area contributed by atoms with Crippen LogP contribution in [-0.4, -0.2) is 36.5 Å². The average molecular weight is 200 g/mol. The van der Waals surface area contributed by atoms with Crippen LogP contribution in [0.2, 0.25) is 0 Å². The number of quaternary nitrogens is 1. The maximum Gasteiger partial charge on any atom is 0.0924 e. The lowest BCUT2D eigenvalue weighted by atomic mass is 10.3. The smallest absolute Gasteiger partial charge is 0.0924 e. The first-order chi connectivity index (χ1) is 4.74. The molecule has 0 heterocycles. The van der Waals surface area contributed by atoms with Gasteiger partial charge in [0.2, 0.25) is 0 Å². The van der Waals surface area contributed by atoms with Gasteiger partial charge in [-0.15, -0.1) is 11.6 Å². The molecule has 0 aromatic rings. The molecule has 3 heteroatoms. The third-order valence-electron chi connectivity index (χ3n) is 2.57. The Morgan fingerprint density at radius 1 is 1.00 bits per heavy atom. The van der Waals surface area contributed by atoms with Gasteiger partial charge in [-0.2, -0.15) is 0 Å². The van der Waals surface area contributed by atoms with Gasteiger partial charge in [-0.25, -0.2) is 0 Å². The van der Waals surface area contributed by atoms with Crippen molar-refractivity contribution in [2.75, 3.05) is 32.1 Å². The van der Waals surface area contributed by atoms with Crippen LogP contribution in [0.3, 0.4) is 0 Å². The van der Waals surface area contributed by atoms with E-state index in [0.29, 0.717) is 0 Å². The lowest BCUT2D eigenvalue weighted by Crippen LogP contribution is -3.00. The van der Waals surface area contributed by atoms with Gasteiger partial charge in [-0.3, -0.25) is 0 Å². The van der Waals surface area contributed by atoms with Gasteiger partial charge in [0, 0.05) is 0 Å². The van der Waals surface area contributed by atoms with Crippen LogP contribution in [0.15, 0.2) is 0 Å². The van der Waals surface area contributed by atoms with Crippen molar-refractivity contribution < 1.29 is 16.9 Å². The Morgan fingerprint density at radius 2 is 1.36 bits per heavy atom. The van der Waals surface area contributed by atoms with Gasteiger partial charge in [0.15, 0.2) is 0 Å². The second-order valence-electron chi connectivity index (χ2n) is 2.70. The van der Waals surface area contributed by atoms with Crippen LogP contribution in [0.25, 0.3) is 0 Å². The highest BCUT2D eigenvalue weighted by molar-refractivity contribution is 6.17. The van der Waals surface area contributed by atoms with Gasteiger partial charge in [-0.05, 0) is 20.8 Å². The molecule has 0 saturated heterocycles. The fourth-order valence-corrected chi connectivity index (χ4v) is 1.68. The molecule has 0 atom stereocenters. The van der Waals surface area contributed by atoms with Crippen LogP contribution in [0.1, 0.15) is 20.8 Å². The van der Waals surface area contributed by atoms with Gasteiger partial charge >= 0.3 is 0 Å². The normalized spacial score (nSPS) is 10.9. The third-order valence-corrected chi connectivity index (χ3v) is 2.74. The van der Waals surface area contributed by atoms with E-state index in [1.54, 1.807) is 0 Å².